The van der Waals surface area contributed by atoms with Crippen LogP contribution in [-0.4, -0.2) is 33.5 Å². The van der Waals surface area contributed by atoms with E-state index in [9.17, 15) is 4.79 Å². The van der Waals surface area contributed by atoms with E-state index in [0.717, 1.165) is 12.8 Å². The minimum atomic E-state index is -2.17. The Labute approximate surface area is 157 Å². The Hall–Kier alpha value is 0.155. The molecule has 0 atom stereocenters. The third-order valence-electron chi connectivity index (χ3n) is 3.49. The number of unbranched alkanes of at least 4 members (excludes halogenated alkanes) is 12. The van der Waals surface area contributed by atoms with E-state index < -0.39 is 13.3 Å². The molecule has 5 nitrogen and oxygen atoms in total. The number of hydrogen-bond acceptors (Lipinski definition) is 4. The van der Waals surface area contributed by atoms with Crippen molar-refractivity contribution in [3.8, 4) is 0 Å². The van der Waals surface area contributed by atoms with Crippen LogP contribution < -0.4 is 0 Å². The van der Waals surface area contributed by atoms with Gasteiger partial charge >= 0.3 is 13.3 Å². The Bertz CT molecular complexity index is 228. The van der Waals surface area contributed by atoms with Crippen LogP contribution in [0.25, 0.3) is 0 Å². The van der Waals surface area contributed by atoms with Crippen molar-refractivity contribution in [2.24, 2.45) is 0 Å². The van der Waals surface area contributed by atoms with Crippen molar-refractivity contribution in [3.05, 3.63) is 0 Å². The summed E-state index contributed by atoms with van der Waals surface area (Å²) in [4.78, 5) is 10.3. The number of rotatable bonds is 14. The van der Waals surface area contributed by atoms with Crippen LogP contribution in [0, 0.1) is 0 Å². The van der Waals surface area contributed by atoms with Crippen molar-refractivity contribution in [1.29, 1.82) is 0 Å². The van der Waals surface area contributed by atoms with Crippen molar-refractivity contribution < 1.29 is 47.4 Å². The van der Waals surface area contributed by atoms with Gasteiger partial charge in [-0.05, 0) is 6.42 Å². The van der Waals surface area contributed by atoms with E-state index in [-0.39, 0.29) is 22.4 Å². The fraction of sp³-hybridized carbons (Fsp3) is 0.938. The molecule has 0 heterocycles. The molecular formula is C16H35AgBO5. The number of hydrogen-bond donors (Lipinski definition) is 4. The summed E-state index contributed by atoms with van der Waals surface area (Å²) in [7, 11) is -2.17. The Morgan fingerprint density at radius 3 is 1.22 bits per heavy atom. The molecule has 0 aliphatic carbocycles. The first-order valence-electron chi connectivity index (χ1n) is 8.76. The van der Waals surface area contributed by atoms with Gasteiger partial charge in [0.15, 0.2) is 0 Å². The Morgan fingerprint density at radius 1 is 0.696 bits per heavy atom. The predicted octanol–water partition coefficient (Wildman–Crippen LogP) is 3.50. The van der Waals surface area contributed by atoms with Gasteiger partial charge in [-0.2, -0.15) is 0 Å². The van der Waals surface area contributed by atoms with Crippen LogP contribution >= 0.6 is 0 Å². The minimum absolute atomic E-state index is 0. The summed E-state index contributed by atoms with van der Waals surface area (Å²) in [6.07, 6.45) is 17.3. The standard InChI is InChI=1S/C16H32O2.Ag.BH3O3/c1-2-3-4-5-6-7-8-9-10-11-12-13-14-15-16(17)18;;2-1(3)4/h2-15H2,1H3,(H,17,18);;2-4H. The molecule has 0 saturated heterocycles. The van der Waals surface area contributed by atoms with E-state index >= 15 is 0 Å². The second-order valence-corrected chi connectivity index (χ2v) is 5.73. The molecule has 0 aromatic rings. The van der Waals surface area contributed by atoms with Crippen LogP contribution in [-0.2, 0) is 27.2 Å². The van der Waals surface area contributed by atoms with Crippen LogP contribution in [0.15, 0.2) is 0 Å². The number of carboxylic acids is 1. The third kappa shape index (κ3) is 39.2. The van der Waals surface area contributed by atoms with E-state index in [0.29, 0.717) is 6.42 Å². The number of carboxylic acid groups (broad SMARTS) is 1. The van der Waals surface area contributed by atoms with Gasteiger partial charge in [-0.25, -0.2) is 0 Å². The smallest absolute Gasteiger partial charge is 0.481 e. The molecule has 0 unspecified atom stereocenters. The molecule has 1 radical (unpaired) electrons. The summed E-state index contributed by atoms with van der Waals surface area (Å²) in [5, 5.41) is 30.0. The van der Waals surface area contributed by atoms with E-state index in [1.165, 1.54) is 70.6 Å². The predicted molar refractivity (Wildman–Crippen MR) is 90.4 cm³/mol. The first-order valence-corrected chi connectivity index (χ1v) is 8.76. The zero-order valence-electron chi connectivity index (χ0n) is 14.5. The SMILES string of the molecule is CCCCCCCCCCCCCCCC(=O)O.OB(O)O.[Ag]. The number of aliphatic carboxylic acids is 1. The van der Waals surface area contributed by atoms with E-state index in [1.807, 2.05) is 0 Å². The van der Waals surface area contributed by atoms with Crippen LogP contribution in [0.2, 0.25) is 0 Å². The Kier molecular flexibility index (Phi) is 29.7. The molecule has 0 aromatic heterocycles. The van der Waals surface area contributed by atoms with Crippen molar-refractivity contribution in [2.45, 2.75) is 96.8 Å². The van der Waals surface area contributed by atoms with Crippen molar-refractivity contribution in [3.63, 3.8) is 0 Å². The molecule has 0 amide bonds. The average Bonchev–Trinajstić information content (AvgIpc) is 2.43. The number of carbonyl (C=O) groups is 1. The molecule has 0 saturated carbocycles. The molecule has 0 spiro atoms. The average molecular weight is 426 g/mol. The summed E-state index contributed by atoms with van der Waals surface area (Å²) in [6, 6.07) is 0. The molecule has 143 valence electrons. The second kappa shape index (κ2) is 24.4. The molecule has 4 N–H and O–H groups in total. The van der Waals surface area contributed by atoms with E-state index in [1.54, 1.807) is 0 Å². The normalized spacial score (nSPS) is 9.57. The molecule has 7 heteroatoms. The van der Waals surface area contributed by atoms with Crippen molar-refractivity contribution in [2.75, 3.05) is 0 Å². The van der Waals surface area contributed by atoms with E-state index in [4.69, 9.17) is 20.2 Å². The van der Waals surface area contributed by atoms with Gasteiger partial charge in [0.1, 0.15) is 0 Å². The zero-order valence-corrected chi connectivity index (χ0v) is 16.0. The van der Waals surface area contributed by atoms with Gasteiger partial charge in [-0.15, -0.1) is 0 Å². The molecule has 23 heavy (non-hydrogen) atoms. The maximum Gasteiger partial charge on any atom is 0.631 e. The molecule has 0 aromatic carbocycles. The third-order valence-corrected chi connectivity index (χ3v) is 3.49. The first-order chi connectivity index (χ1) is 10.5. The van der Waals surface area contributed by atoms with Crippen LogP contribution in [0.4, 0.5) is 0 Å². The summed E-state index contributed by atoms with van der Waals surface area (Å²) in [5.41, 5.74) is 0. The summed E-state index contributed by atoms with van der Waals surface area (Å²) >= 11 is 0. The quantitative estimate of drug-likeness (QED) is 0.252. The van der Waals surface area contributed by atoms with Gasteiger partial charge in [0, 0.05) is 28.8 Å². The van der Waals surface area contributed by atoms with Gasteiger partial charge in [0.2, 0.25) is 0 Å². The molecular weight excluding hydrogens is 391 g/mol. The van der Waals surface area contributed by atoms with Gasteiger partial charge in [0.05, 0.1) is 0 Å². The molecule has 0 fully saturated rings. The van der Waals surface area contributed by atoms with Gasteiger partial charge < -0.3 is 20.2 Å². The van der Waals surface area contributed by atoms with Gasteiger partial charge in [-0.3, -0.25) is 4.79 Å². The summed E-state index contributed by atoms with van der Waals surface area (Å²) in [5.74, 6) is -0.655. The summed E-state index contributed by atoms with van der Waals surface area (Å²) < 4.78 is 0. The topological polar surface area (TPSA) is 98.0 Å². The Balaban J connectivity index is -0.000000712. The molecule has 0 rings (SSSR count). The zero-order chi connectivity index (χ0) is 17.1. The molecule has 0 aliphatic rings. The van der Waals surface area contributed by atoms with Gasteiger partial charge in [-0.1, -0.05) is 84.0 Å². The Morgan fingerprint density at radius 2 is 0.957 bits per heavy atom. The monoisotopic (exact) mass is 425 g/mol. The molecule has 0 aliphatic heterocycles. The van der Waals surface area contributed by atoms with Crippen molar-refractivity contribution >= 4 is 13.3 Å². The fourth-order valence-electron chi connectivity index (χ4n) is 2.29. The first kappa shape index (κ1) is 28.0. The maximum absolute atomic E-state index is 10.3. The molecule has 0 bridgehead atoms. The summed E-state index contributed by atoms with van der Waals surface area (Å²) in [6.45, 7) is 2.26. The second-order valence-electron chi connectivity index (χ2n) is 5.73. The maximum atomic E-state index is 10.3. The fourth-order valence-corrected chi connectivity index (χ4v) is 2.29. The van der Waals surface area contributed by atoms with Crippen LogP contribution in [0.5, 0.6) is 0 Å². The minimum Gasteiger partial charge on any atom is -0.481 e. The van der Waals surface area contributed by atoms with Crippen molar-refractivity contribution in [1.82, 2.24) is 0 Å². The van der Waals surface area contributed by atoms with E-state index in [2.05, 4.69) is 6.92 Å². The largest absolute Gasteiger partial charge is 0.631 e. The van der Waals surface area contributed by atoms with Gasteiger partial charge in [0.25, 0.3) is 0 Å². The van der Waals surface area contributed by atoms with Crippen LogP contribution in [0.1, 0.15) is 96.8 Å². The van der Waals surface area contributed by atoms with Crippen LogP contribution in [0.3, 0.4) is 0 Å².